The number of benzene rings is 1. The van der Waals surface area contributed by atoms with Crippen molar-refractivity contribution in [3.8, 4) is 0 Å². The van der Waals surface area contributed by atoms with Crippen LogP contribution in [0.4, 0.5) is 4.79 Å². The second-order valence-corrected chi connectivity index (χ2v) is 6.95. The van der Waals surface area contributed by atoms with Crippen LogP contribution in [0.5, 0.6) is 0 Å². The first kappa shape index (κ1) is 21.9. The highest BCUT2D eigenvalue weighted by Gasteiger charge is 2.29. The van der Waals surface area contributed by atoms with E-state index in [-0.39, 0.29) is 6.42 Å². The highest BCUT2D eigenvalue weighted by molar-refractivity contribution is 5.93. The Kier molecular flexibility index (Phi) is 7.77. The molecule has 0 aliphatic carbocycles. The summed E-state index contributed by atoms with van der Waals surface area (Å²) in [4.78, 5) is 47.0. The van der Waals surface area contributed by atoms with Crippen molar-refractivity contribution in [1.29, 1.82) is 0 Å². The largest absolute Gasteiger partial charge is 0.481 e. The van der Waals surface area contributed by atoms with E-state index in [4.69, 9.17) is 15.6 Å². The van der Waals surface area contributed by atoms with E-state index in [0.717, 1.165) is 5.56 Å². The lowest BCUT2D eigenvalue weighted by atomic mass is 10.0. The lowest BCUT2D eigenvalue weighted by Gasteiger charge is -2.24. The van der Waals surface area contributed by atoms with Gasteiger partial charge in [-0.05, 0) is 26.3 Å². The number of hydrogen-bond donors (Lipinski definition) is 4. The molecule has 0 fully saturated rings. The molecule has 0 aliphatic rings. The average Bonchev–Trinajstić information content (AvgIpc) is 2.52. The number of nitrogens with one attached hydrogen (secondary N) is 2. The molecular formula is C18H25N3O6. The molecule has 0 heterocycles. The predicted molar refractivity (Wildman–Crippen MR) is 96.7 cm³/mol. The molecule has 9 nitrogen and oxygen atoms in total. The predicted octanol–water partition coefficient (Wildman–Crippen LogP) is 0.567. The maximum absolute atomic E-state index is 12.4. The number of carboxylic acids is 1. The van der Waals surface area contributed by atoms with Crippen molar-refractivity contribution in [2.45, 2.75) is 51.3 Å². The first-order chi connectivity index (χ1) is 12.5. The van der Waals surface area contributed by atoms with Gasteiger partial charge in [-0.3, -0.25) is 14.4 Å². The maximum Gasteiger partial charge on any atom is 0.408 e. The molecule has 0 aliphatic heterocycles. The van der Waals surface area contributed by atoms with Gasteiger partial charge in [0.15, 0.2) is 0 Å². The molecule has 9 heteroatoms. The first-order valence-electron chi connectivity index (χ1n) is 8.33. The number of hydrogen-bond acceptors (Lipinski definition) is 5. The van der Waals surface area contributed by atoms with E-state index in [1.165, 1.54) is 0 Å². The fourth-order valence-electron chi connectivity index (χ4n) is 2.18. The van der Waals surface area contributed by atoms with E-state index in [1.54, 1.807) is 51.1 Å². The third kappa shape index (κ3) is 8.70. The van der Waals surface area contributed by atoms with Crippen LogP contribution in [0.2, 0.25) is 0 Å². The Morgan fingerprint density at radius 3 is 2.15 bits per heavy atom. The number of ether oxygens (including phenoxy) is 1. The SMILES string of the molecule is CC(C)(C)OC(=O)N[C@H](CC(=O)O)C(=O)N[C@@H](Cc1ccccc1)C(N)=O. The van der Waals surface area contributed by atoms with Gasteiger partial charge >= 0.3 is 12.1 Å². The molecule has 5 N–H and O–H groups in total. The minimum Gasteiger partial charge on any atom is -0.481 e. The van der Waals surface area contributed by atoms with E-state index in [9.17, 15) is 19.2 Å². The monoisotopic (exact) mass is 379 g/mol. The van der Waals surface area contributed by atoms with Gasteiger partial charge in [0.2, 0.25) is 11.8 Å². The van der Waals surface area contributed by atoms with E-state index < -0.39 is 48.0 Å². The lowest BCUT2D eigenvalue weighted by molar-refractivity contribution is -0.140. The minimum atomic E-state index is -1.42. The van der Waals surface area contributed by atoms with Gasteiger partial charge < -0.3 is 26.2 Å². The molecular weight excluding hydrogens is 354 g/mol. The Morgan fingerprint density at radius 1 is 1.07 bits per heavy atom. The molecule has 0 saturated heterocycles. The zero-order valence-corrected chi connectivity index (χ0v) is 15.5. The van der Waals surface area contributed by atoms with Crippen LogP contribution in [0.1, 0.15) is 32.8 Å². The fraction of sp³-hybridized carbons (Fsp3) is 0.444. The van der Waals surface area contributed by atoms with Crippen molar-refractivity contribution in [2.24, 2.45) is 5.73 Å². The van der Waals surface area contributed by atoms with Crippen molar-refractivity contribution in [2.75, 3.05) is 0 Å². The molecule has 1 aromatic rings. The van der Waals surface area contributed by atoms with Crippen LogP contribution in [-0.4, -0.2) is 46.7 Å². The number of nitrogens with two attached hydrogens (primary N) is 1. The molecule has 0 aromatic heterocycles. The third-order valence-electron chi connectivity index (χ3n) is 3.33. The average molecular weight is 379 g/mol. The van der Waals surface area contributed by atoms with Crippen molar-refractivity contribution in [1.82, 2.24) is 10.6 Å². The van der Waals surface area contributed by atoms with Crippen LogP contribution >= 0.6 is 0 Å². The molecule has 148 valence electrons. The van der Waals surface area contributed by atoms with Crippen LogP contribution in [0.3, 0.4) is 0 Å². The highest BCUT2D eigenvalue weighted by atomic mass is 16.6. The van der Waals surface area contributed by atoms with E-state index in [2.05, 4.69) is 10.6 Å². The van der Waals surface area contributed by atoms with Crippen molar-refractivity contribution < 1.29 is 29.0 Å². The number of amides is 3. The molecule has 0 bridgehead atoms. The summed E-state index contributed by atoms with van der Waals surface area (Å²) >= 11 is 0. The van der Waals surface area contributed by atoms with Gasteiger partial charge in [-0.1, -0.05) is 30.3 Å². The number of alkyl carbamates (subject to hydrolysis) is 1. The number of rotatable bonds is 8. The zero-order valence-electron chi connectivity index (χ0n) is 15.5. The van der Waals surface area contributed by atoms with Crippen LogP contribution in [0.15, 0.2) is 30.3 Å². The van der Waals surface area contributed by atoms with Gasteiger partial charge in [0.1, 0.15) is 17.7 Å². The van der Waals surface area contributed by atoms with Crippen LogP contribution in [-0.2, 0) is 25.5 Å². The van der Waals surface area contributed by atoms with Gasteiger partial charge in [-0.15, -0.1) is 0 Å². The fourth-order valence-corrected chi connectivity index (χ4v) is 2.18. The molecule has 0 radical (unpaired) electrons. The van der Waals surface area contributed by atoms with Crippen molar-refractivity contribution >= 4 is 23.9 Å². The number of primary amides is 1. The smallest absolute Gasteiger partial charge is 0.408 e. The Bertz CT molecular complexity index is 684. The topological polar surface area (TPSA) is 148 Å². The van der Waals surface area contributed by atoms with Crippen LogP contribution < -0.4 is 16.4 Å². The van der Waals surface area contributed by atoms with Crippen LogP contribution in [0, 0.1) is 0 Å². The summed E-state index contributed by atoms with van der Waals surface area (Å²) in [5, 5.41) is 13.6. The Morgan fingerprint density at radius 2 is 1.67 bits per heavy atom. The second kappa shape index (κ2) is 9.56. The van der Waals surface area contributed by atoms with E-state index >= 15 is 0 Å². The summed E-state index contributed by atoms with van der Waals surface area (Å²) in [6.45, 7) is 4.88. The number of carbonyl (C=O) groups is 4. The van der Waals surface area contributed by atoms with Crippen molar-refractivity contribution in [3.05, 3.63) is 35.9 Å². The maximum atomic E-state index is 12.4. The molecule has 1 aromatic carbocycles. The highest BCUT2D eigenvalue weighted by Crippen LogP contribution is 2.08. The molecule has 27 heavy (non-hydrogen) atoms. The van der Waals surface area contributed by atoms with Crippen LogP contribution in [0.25, 0.3) is 0 Å². The second-order valence-electron chi connectivity index (χ2n) is 6.95. The normalized spacial score (nSPS) is 13.1. The van der Waals surface area contributed by atoms with Crippen molar-refractivity contribution in [3.63, 3.8) is 0 Å². The quantitative estimate of drug-likeness (QED) is 0.519. The van der Waals surface area contributed by atoms with E-state index in [0.29, 0.717) is 0 Å². The summed E-state index contributed by atoms with van der Waals surface area (Å²) in [5.74, 6) is -2.92. The summed E-state index contributed by atoms with van der Waals surface area (Å²) in [6, 6.07) is 6.38. The summed E-state index contributed by atoms with van der Waals surface area (Å²) in [7, 11) is 0. The Balaban J connectivity index is 2.84. The van der Waals surface area contributed by atoms with E-state index in [1.807, 2.05) is 0 Å². The zero-order chi connectivity index (χ0) is 20.6. The number of carbonyl (C=O) groups excluding carboxylic acids is 3. The molecule has 0 saturated carbocycles. The van der Waals surface area contributed by atoms with Gasteiger partial charge in [-0.25, -0.2) is 4.79 Å². The first-order valence-corrected chi connectivity index (χ1v) is 8.33. The molecule has 0 spiro atoms. The Hall–Kier alpha value is -3.10. The Labute approximate surface area is 157 Å². The van der Waals surface area contributed by atoms with Gasteiger partial charge in [0.25, 0.3) is 0 Å². The standard InChI is InChI=1S/C18H25N3O6/c1-18(2,3)27-17(26)21-13(10-14(22)23)16(25)20-12(15(19)24)9-11-7-5-4-6-8-11/h4-8,12-13H,9-10H2,1-3H3,(H2,19,24)(H,20,25)(H,21,26)(H,22,23)/t12-,13+/m0/s1. The van der Waals surface area contributed by atoms with Gasteiger partial charge in [0.05, 0.1) is 6.42 Å². The molecule has 2 atom stereocenters. The summed E-state index contributed by atoms with van der Waals surface area (Å²) in [6.07, 6.45) is -1.49. The molecule has 1 rings (SSSR count). The minimum absolute atomic E-state index is 0.133. The van der Waals surface area contributed by atoms with Gasteiger partial charge in [-0.2, -0.15) is 0 Å². The van der Waals surface area contributed by atoms with Gasteiger partial charge in [0, 0.05) is 6.42 Å². The third-order valence-corrected chi connectivity index (χ3v) is 3.33. The number of carboxylic acid groups (broad SMARTS) is 1. The lowest BCUT2D eigenvalue weighted by Crippen LogP contribution is -2.54. The molecule has 0 unspecified atom stereocenters. The summed E-state index contributed by atoms with van der Waals surface area (Å²) in [5.41, 5.74) is 5.28. The molecule has 3 amide bonds. The number of aliphatic carboxylic acids is 1. The summed E-state index contributed by atoms with van der Waals surface area (Å²) < 4.78 is 5.03.